The van der Waals surface area contributed by atoms with Crippen LogP contribution in [0.2, 0.25) is 0 Å². The van der Waals surface area contributed by atoms with E-state index in [9.17, 15) is 4.39 Å². The largest absolute Gasteiger partial charge is 0.461 e. The fourth-order valence-corrected chi connectivity index (χ4v) is 1.66. The van der Waals surface area contributed by atoms with Gasteiger partial charge in [-0.25, -0.2) is 4.39 Å². The number of ether oxygens (including phenoxy) is 1. The Balaban J connectivity index is 2.36. The van der Waals surface area contributed by atoms with E-state index in [1.165, 1.54) is 12.1 Å². The number of rotatable bonds is 6. The molecule has 0 spiro atoms. The zero-order valence-electron chi connectivity index (χ0n) is 12.4. The molecule has 21 heavy (non-hydrogen) atoms. The van der Waals surface area contributed by atoms with Gasteiger partial charge >= 0.3 is 6.01 Å². The summed E-state index contributed by atoms with van der Waals surface area (Å²) in [5.74, 6) is 0.622. The maximum atomic E-state index is 13.0. The topological polar surface area (TPSA) is 59.9 Å². The first-order valence-electron chi connectivity index (χ1n) is 7.01. The maximum absolute atomic E-state index is 13.0. The summed E-state index contributed by atoms with van der Waals surface area (Å²) in [4.78, 5) is 12.8. The van der Waals surface area contributed by atoms with Crippen LogP contribution >= 0.6 is 0 Å². The standard InChI is InChI=1S/C15H19FN4O/c1-4-9-17-14-18-13(11-5-7-12(16)8-6-11)19-15(20-14)21-10(2)3/h5-8,10H,4,9H2,1-3H3,(H,17,18,19,20). The van der Waals surface area contributed by atoms with Crippen molar-refractivity contribution < 1.29 is 9.13 Å². The van der Waals surface area contributed by atoms with E-state index in [4.69, 9.17) is 4.74 Å². The second kappa shape index (κ2) is 6.97. The van der Waals surface area contributed by atoms with E-state index < -0.39 is 0 Å². The van der Waals surface area contributed by atoms with Gasteiger partial charge in [0.15, 0.2) is 5.82 Å². The smallest absolute Gasteiger partial charge is 0.322 e. The van der Waals surface area contributed by atoms with E-state index in [1.54, 1.807) is 12.1 Å². The number of anilines is 1. The molecule has 1 N–H and O–H groups in total. The minimum Gasteiger partial charge on any atom is -0.461 e. The van der Waals surface area contributed by atoms with E-state index in [0.717, 1.165) is 13.0 Å². The number of nitrogens with zero attached hydrogens (tertiary/aromatic N) is 3. The second-order valence-electron chi connectivity index (χ2n) is 4.87. The third-order valence-electron chi connectivity index (χ3n) is 2.59. The van der Waals surface area contributed by atoms with E-state index in [2.05, 4.69) is 27.2 Å². The number of hydrogen-bond donors (Lipinski definition) is 1. The van der Waals surface area contributed by atoms with E-state index in [0.29, 0.717) is 17.3 Å². The summed E-state index contributed by atoms with van der Waals surface area (Å²) in [6.45, 7) is 6.62. The number of hydrogen-bond acceptors (Lipinski definition) is 5. The van der Waals surface area contributed by atoms with E-state index in [-0.39, 0.29) is 17.9 Å². The van der Waals surface area contributed by atoms with Crippen LogP contribution in [0.1, 0.15) is 27.2 Å². The van der Waals surface area contributed by atoms with Crippen molar-refractivity contribution in [1.82, 2.24) is 15.0 Å². The summed E-state index contributed by atoms with van der Waals surface area (Å²) in [7, 11) is 0. The quantitative estimate of drug-likeness (QED) is 0.884. The minimum atomic E-state index is -0.296. The maximum Gasteiger partial charge on any atom is 0.322 e. The number of benzene rings is 1. The summed E-state index contributed by atoms with van der Waals surface area (Å²) in [5, 5.41) is 3.11. The molecule has 2 aromatic rings. The summed E-state index contributed by atoms with van der Waals surface area (Å²) in [5.41, 5.74) is 0.715. The predicted molar refractivity (Wildman–Crippen MR) is 79.8 cm³/mol. The Morgan fingerprint density at radius 2 is 1.86 bits per heavy atom. The molecule has 0 radical (unpaired) electrons. The van der Waals surface area contributed by atoms with Crippen LogP contribution in [0, 0.1) is 5.82 Å². The Morgan fingerprint density at radius 3 is 2.48 bits per heavy atom. The molecular weight excluding hydrogens is 271 g/mol. The lowest BCUT2D eigenvalue weighted by Crippen LogP contribution is -2.12. The summed E-state index contributed by atoms with van der Waals surface area (Å²) < 4.78 is 18.6. The molecule has 0 unspecified atom stereocenters. The van der Waals surface area contributed by atoms with Crippen LogP contribution in [0.5, 0.6) is 6.01 Å². The van der Waals surface area contributed by atoms with Crippen molar-refractivity contribution >= 4 is 5.95 Å². The highest BCUT2D eigenvalue weighted by molar-refractivity contribution is 5.56. The molecular formula is C15H19FN4O. The van der Waals surface area contributed by atoms with Gasteiger partial charge in [0.05, 0.1) is 6.10 Å². The van der Waals surface area contributed by atoms with Gasteiger partial charge < -0.3 is 10.1 Å². The molecule has 0 saturated carbocycles. The minimum absolute atomic E-state index is 0.0347. The van der Waals surface area contributed by atoms with Crippen molar-refractivity contribution in [3.05, 3.63) is 30.1 Å². The van der Waals surface area contributed by atoms with E-state index >= 15 is 0 Å². The van der Waals surface area contributed by atoms with Crippen LogP contribution in [-0.4, -0.2) is 27.6 Å². The van der Waals surface area contributed by atoms with Crippen molar-refractivity contribution in [2.45, 2.75) is 33.3 Å². The molecule has 0 fully saturated rings. The van der Waals surface area contributed by atoms with Gasteiger partial charge in [-0.1, -0.05) is 6.92 Å². The molecule has 1 aromatic carbocycles. The highest BCUT2D eigenvalue weighted by Gasteiger charge is 2.10. The first-order valence-corrected chi connectivity index (χ1v) is 7.01. The SMILES string of the molecule is CCCNc1nc(OC(C)C)nc(-c2ccc(F)cc2)n1. The van der Waals surface area contributed by atoms with Gasteiger partial charge in [0.25, 0.3) is 0 Å². The third-order valence-corrected chi connectivity index (χ3v) is 2.59. The first kappa shape index (κ1) is 15.2. The molecule has 0 saturated heterocycles. The molecule has 0 aliphatic carbocycles. The molecule has 1 aromatic heterocycles. The molecule has 0 amide bonds. The van der Waals surface area contributed by atoms with Gasteiger partial charge in [-0.15, -0.1) is 0 Å². The Bertz CT molecular complexity index is 587. The lowest BCUT2D eigenvalue weighted by Gasteiger charge is -2.11. The molecule has 0 aliphatic rings. The Labute approximate surface area is 123 Å². The van der Waals surface area contributed by atoms with Gasteiger partial charge in [-0.3, -0.25) is 0 Å². The van der Waals surface area contributed by atoms with E-state index in [1.807, 2.05) is 13.8 Å². The van der Waals surface area contributed by atoms with Crippen molar-refractivity contribution in [3.63, 3.8) is 0 Å². The number of nitrogens with one attached hydrogen (secondary N) is 1. The zero-order valence-corrected chi connectivity index (χ0v) is 12.4. The average molecular weight is 290 g/mol. The van der Waals surface area contributed by atoms with Gasteiger partial charge in [0, 0.05) is 12.1 Å². The molecule has 2 rings (SSSR count). The lowest BCUT2D eigenvalue weighted by atomic mass is 10.2. The molecule has 6 heteroatoms. The Hall–Kier alpha value is -2.24. The monoisotopic (exact) mass is 290 g/mol. The average Bonchev–Trinajstić information content (AvgIpc) is 2.45. The third kappa shape index (κ3) is 4.37. The normalized spacial score (nSPS) is 10.7. The van der Waals surface area contributed by atoms with Crippen LogP contribution < -0.4 is 10.1 Å². The Kier molecular flexibility index (Phi) is 5.03. The van der Waals surface area contributed by atoms with Crippen molar-refractivity contribution in [2.24, 2.45) is 0 Å². The van der Waals surface area contributed by atoms with Crippen LogP contribution in [0.4, 0.5) is 10.3 Å². The van der Waals surface area contributed by atoms with Crippen LogP contribution in [0.15, 0.2) is 24.3 Å². The molecule has 0 atom stereocenters. The molecule has 1 heterocycles. The van der Waals surface area contributed by atoms with Gasteiger partial charge in [0.1, 0.15) is 5.82 Å². The fraction of sp³-hybridized carbons (Fsp3) is 0.400. The summed E-state index contributed by atoms with van der Waals surface area (Å²) >= 11 is 0. The molecule has 5 nitrogen and oxygen atoms in total. The first-order chi connectivity index (χ1) is 10.1. The van der Waals surface area contributed by atoms with Crippen molar-refractivity contribution in [3.8, 4) is 17.4 Å². The predicted octanol–water partition coefficient (Wildman–Crippen LogP) is 3.29. The second-order valence-corrected chi connectivity index (χ2v) is 4.87. The summed E-state index contributed by atoms with van der Waals surface area (Å²) in [6.07, 6.45) is 0.922. The van der Waals surface area contributed by atoms with Gasteiger partial charge in [-0.2, -0.15) is 15.0 Å². The van der Waals surface area contributed by atoms with Crippen molar-refractivity contribution in [1.29, 1.82) is 0 Å². The zero-order chi connectivity index (χ0) is 15.2. The number of aromatic nitrogens is 3. The van der Waals surface area contributed by atoms with Crippen LogP contribution in [-0.2, 0) is 0 Å². The van der Waals surface area contributed by atoms with Gasteiger partial charge in [0.2, 0.25) is 5.95 Å². The molecule has 0 bridgehead atoms. The fourth-order valence-electron chi connectivity index (χ4n) is 1.66. The highest BCUT2D eigenvalue weighted by atomic mass is 19.1. The van der Waals surface area contributed by atoms with Crippen molar-refractivity contribution in [2.75, 3.05) is 11.9 Å². The molecule has 112 valence electrons. The Morgan fingerprint density at radius 1 is 1.14 bits per heavy atom. The van der Waals surface area contributed by atoms with Crippen LogP contribution in [0.3, 0.4) is 0 Å². The van der Waals surface area contributed by atoms with Gasteiger partial charge in [-0.05, 0) is 44.5 Å². The lowest BCUT2D eigenvalue weighted by molar-refractivity contribution is 0.222. The van der Waals surface area contributed by atoms with Crippen LogP contribution in [0.25, 0.3) is 11.4 Å². The summed E-state index contributed by atoms with van der Waals surface area (Å²) in [6, 6.07) is 6.28. The highest BCUT2D eigenvalue weighted by Crippen LogP contribution is 2.19. The number of halogens is 1. The molecule has 0 aliphatic heterocycles.